The summed E-state index contributed by atoms with van der Waals surface area (Å²) in [7, 11) is 3.10. The molecule has 0 spiro atoms. The van der Waals surface area contributed by atoms with Crippen LogP contribution in [-0.4, -0.2) is 212 Å². The van der Waals surface area contributed by atoms with E-state index in [1.807, 2.05) is 18.5 Å². The Morgan fingerprint density at radius 2 is 1.06 bits per heavy atom. The standard InChI is InChI=1S/C61H75N9O14/c1-41-26-46-35-64-50-33-54(52(77-3)31-48(50)60(75)69(46)37-41)83-39-43-28-44(40-84-55-34-51-49(32-53(55)78-4)61(76)70-38-42(2)27-47(70)36-65-51)30-45(29-43)67-16-14-66(15-17-67)12-5-10-62-57(72)9-18-79-20-22-81-24-25-82-23-21-80-19-11-63-56(71)8-13-68-58(73)6-7-59(68)74/h6-7,28-36,46-47H,1-2,5,8-27,37-40H2,3-4H3,(H,62,72)(H,63,71)/t46-,47?/m0/s1. The van der Waals surface area contributed by atoms with Crippen LogP contribution >= 0.6 is 0 Å². The molecule has 6 aliphatic heterocycles. The number of benzene rings is 3. The first-order valence-electron chi connectivity index (χ1n) is 28.6. The lowest BCUT2D eigenvalue weighted by Crippen LogP contribution is -2.47. The molecule has 0 aromatic heterocycles. The van der Waals surface area contributed by atoms with Crippen LogP contribution in [0.4, 0.5) is 17.1 Å². The van der Waals surface area contributed by atoms with E-state index in [2.05, 4.69) is 45.7 Å². The van der Waals surface area contributed by atoms with Gasteiger partial charge in [0.25, 0.3) is 23.6 Å². The fourth-order valence-corrected chi connectivity index (χ4v) is 10.6. The number of aliphatic imine (C=N–C) groups is 2. The van der Waals surface area contributed by atoms with Crippen LogP contribution in [0.2, 0.25) is 0 Å². The van der Waals surface area contributed by atoms with Gasteiger partial charge in [-0.2, -0.15) is 0 Å². The number of ether oxygens (including phenoxy) is 8. The zero-order valence-corrected chi connectivity index (χ0v) is 47.9. The Bertz CT molecular complexity index is 2880. The van der Waals surface area contributed by atoms with Gasteiger partial charge in [-0.05, 0) is 67.3 Å². The maximum atomic E-state index is 13.7. The molecule has 448 valence electrons. The highest BCUT2D eigenvalue weighted by Gasteiger charge is 2.36. The summed E-state index contributed by atoms with van der Waals surface area (Å²) < 4.78 is 46.7. The lowest BCUT2D eigenvalue weighted by Gasteiger charge is -2.36. The monoisotopic (exact) mass is 1160 g/mol. The number of methoxy groups -OCH3 is 2. The van der Waals surface area contributed by atoms with Crippen molar-refractivity contribution in [1.82, 2.24) is 30.2 Å². The summed E-state index contributed by atoms with van der Waals surface area (Å²) in [6.45, 7) is 17.2. The van der Waals surface area contributed by atoms with E-state index >= 15 is 0 Å². The van der Waals surface area contributed by atoms with Crippen LogP contribution in [0.1, 0.15) is 63.9 Å². The molecule has 2 N–H and O–H groups in total. The zero-order chi connectivity index (χ0) is 59.0. The van der Waals surface area contributed by atoms with Gasteiger partial charge in [0.05, 0.1) is 102 Å². The van der Waals surface area contributed by atoms with Crippen molar-refractivity contribution in [3.05, 3.63) is 101 Å². The average molecular weight is 1160 g/mol. The van der Waals surface area contributed by atoms with Gasteiger partial charge >= 0.3 is 0 Å². The van der Waals surface area contributed by atoms with Gasteiger partial charge in [0.1, 0.15) is 13.2 Å². The Balaban J connectivity index is 0.695. The van der Waals surface area contributed by atoms with Crippen molar-refractivity contribution in [3.8, 4) is 23.0 Å². The number of fused-ring (bicyclic) bond motifs is 4. The summed E-state index contributed by atoms with van der Waals surface area (Å²) in [6.07, 6.45) is 8.42. The van der Waals surface area contributed by atoms with E-state index in [0.717, 1.165) is 72.0 Å². The Kier molecular flexibility index (Phi) is 21.3. The number of anilines is 1. The largest absolute Gasteiger partial charge is 0.493 e. The van der Waals surface area contributed by atoms with E-state index in [9.17, 15) is 28.8 Å². The maximum absolute atomic E-state index is 13.7. The molecule has 3 aromatic rings. The van der Waals surface area contributed by atoms with E-state index in [1.54, 1.807) is 48.3 Å². The Hall–Kier alpha value is -7.96. The van der Waals surface area contributed by atoms with Crippen LogP contribution in [0.15, 0.2) is 88.9 Å². The van der Waals surface area contributed by atoms with E-state index < -0.39 is 11.8 Å². The molecular formula is C61H75N9O14. The van der Waals surface area contributed by atoms with Crippen molar-refractivity contribution >= 4 is 64.9 Å². The molecule has 6 heterocycles. The van der Waals surface area contributed by atoms with Crippen LogP contribution < -0.4 is 34.5 Å². The van der Waals surface area contributed by atoms with Gasteiger partial charge in [-0.25, -0.2) is 0 Å². The predicted molar refractivity (Wildman–Crippen MR) is 312 cm³/mol. The molecule has 1 unspecified atom stereocenters. The first kappa shape index (κ1) is 60.6. The molecule has 3 aromatic carbocycles. The molecule has 23 nitrogen and oxygen atoms in total. The van der Waals surface area contributed by atoms with Crippen LogP contribution in [0, 0.1) is 0 Å². The second-order valence-corrected chi connectivity index (χ2v) is 21.1. The fraction of sp³-hybridized carbons (Fsp3) is 0.475. The number of rotatable bonds is 31. The third-order valence-corrected chi connectivity index (χ3v) is 15.1. The van der Waals surface area contributed by atoms with Crippen molar-refractivity contribution in [1.29, 1.82) is 0 Å². The van der Waals surface area contributed by atoms with E-state index in [-0.39, 0.29) is 74.9 Å². The van der Waals surface area contributed by atoms with Crippen LogP contribution in [-0.2, 0) is 51.3 Å². The topological polar surface area (TPSA) is 241 Å². The second-order valence-electron chi connectivity index (χ2n) is 21.1. The number of nitrogens with zero attached hydrogens (tertiary/aromatic N) is 7. The minimum atomic E-state index is -0.412. The van der Waals surface area contributed by atoms with Crippen LogP contribution in [0.25, 0.3) is 0 Å². The van der Waals surface area contributed by atoms with Crippen molar-refractivity contribution in [3.63, 3.8) is 0 Å². The van der Waals surface area contributed by atoms with Gasteiger partial charge < -0.3 is 63.2 Å². The van der Waals surface area contributed by atoms with Gasteiger partial charge in [0, 0.05) is 114 Å². The van der Waals surface area contributed by atoms with Crippen molar-refractivity contribution in [2.75, 3.05) is 137 Å². The number of hydrogen-bond acceptors (Lipinski definition) is 18. The molecule has 84 heavy (non-hydrogen) atoms. The van der Waals surface area contributed by atoms with Crippen LogP contribution in [0.3, 0.4) is 0 Å². The predicted octanol–water partition coefficient (Wildman–Crippen LogP) is 4.35. The van der Waals surface area contributed by atoms with Gasteiger partial charge in [-0.1, -0.05) is 24.3 Å². The summed E-state index contributed by atoms with van der Waals surface area (Å²) in [5, 5.41) is 5.70. The fourth-order valence-electron chi connectivity index (χ4n) is 10.6. The number of piperazine rings is 1. The SMILES string of the molecule is C=C1CC2C=Nc3cc(OCc4cc(COc5cc6c(cc5OC)C(=O)N5CC(=C)C[C@H]5C=N6)cc(N5CCN(CCCNC(=O)CCOCCOCCOCCOCCNC(=O)CCN6C(=O)C=CC6=O)CC5)c4)c(OC)cc3C(=O)N2C1. The van der Waals surface area contributed by atoms with Gasteiger partial charge in [-0.15, -0.1) is 0 Å². The molecule has 6 aliphatic rings. The van der Waals surface area contributed by atoms with Crippen molar-refractivity contribution in [2.24, 2.45) is 9.98 Å². The number of amides is 6. The molecule has 0 saturated carbocycles. The smallest absolute Gasteiger partial charge is 0.257 e. The summed E-state index contributed by atoms with van der Waals surface area (Å²) in [5.41, 5.74) is 6.68. The normalized spacial score (nSPS) is 18.2. The third-order valence-electron chi connectivity index (χ3n) is 15.1. The minimum Gasteiger partial charge on any atom is -0.493 e. The Morgan fingerprint density at radius 1 is 0.571 bits per heavy atom. The number of imide groups is 1. The molecule has 23 heteroatoms. The average Bonchev–Trinajstić information content (AvgIpc) is 2.48. The number of carbonyl (C=O) groups is 6. The lowest BCUT2D eigenvalue weighted by atomic mass is 10.1. The number of carbonyl (C=O) groups excluding carboxylic acids is 6. The highest BCUT2D eigenvalue weighted by Crippen LogP contribution is 2.41. The first-order chi connectivity index (χ1) is 40.8. The van der Waals surface area contributed by atoms with E-state index in [4.69, 9.17) is 47.9 Å². The molecule has 9 rings (SSSR count). The minimum absolute atomic E-state index is 0.0285. The molecule has 0 aliphatic carbocycles. The number of hydrogen-bond donors (Lipinski definition) is 2. The molecular weight excluding hydrogens is 1080 g/mol. The molecule has 2 atom stereocenters. The Labute approximate surface area is 489 Å². The van der Waals surface area contributed by atoms with Crippen molar-refractivity contribution in [2.45, 2.75) is 57.4 Å². The van der Waals surface area contributed by atoms with E-state index in [1.165, 1.54) is 12.2 Å². The highest BCUT2D eigenvalue weighted by molar-refractivity contribution is 6.13. The summed E-state index contributed by atoms with van der Waals surface area (Å²) in [4.78, 5) is 93.8. The molecule has 0 radical (unpaired) electrons. The molecule has 6 amide bonds. The zero-order valence-electron chi connectivity index (χ0n) is 47.9. The Morgan fingerprint density at radius 3 is 1.58 bits per heavy atom. The van der Waals surface area contributed by atoms with Gasteiger partial charge in [0.2, 0.25) is 11.8 Å². The summed E-state index contributed by atoms with van der Waals surface area (Å²) >= 11 is 0. The highest BCUT2D eigenvalue weighted by atomic mass is 16.6. The van der Waals surface area contributed by atoms with Gasteiger partial charge in [0.15, 0.2) is 23.0 Å². The summed E-state index contributed by atoms with van der Waals surface area (Å²) in [5.74, 6) is 0.337. The van der Waals surface area contributed by atoms with Crippen LogP contribution in [0.5, 0.6) is 23.0 Å². The summed E-state index contributed by atoms with van der Waals surface area (Å²) in [6, 6.07) is 12.9. The van der Waals surface area contributed by atoms with Gasteiger partial charge in [-0.3, -0.25) is 48.6 Å². The third kappa shape index (κ3) is 16.0. The van der Waals surface area contributed by atoms with Crippen molar-refractivity contribution < 1.29 is 66.7 Å². The maximum Gasteiger partial charge on any atom is 0.257 e. The van der Waals surface area contributed by atoms with E-state index in [0.29, 0.717) is 131 Å². The molecule has 3 saturated heterocycles. The molecule has 0 bridgehead atoms. The second kappa shape index (κ2) is 29.5. The first-order valence-corrected chi connectivity index (χ1v) is 28.6. The molecule has 3 fully saturated rings. The quantitative estimate of drug-likeness (QED) is 0.0517. The number of nitrogens with one attached hydrogen (secondary N) is 2. The lowest BCUT2D eigenvalue weighted by molar-refractivity contribution is -0.137.